The van der Waals surface area contributed by atoms with E-state index in [1.54, 1.807) is 0 Å². The van der Waals surface area contributed by atoms with Gasteiger partial charge in [0.05, 0.1) is 13.2 Å². The second-order valence-corrected chi connectivity index (χ2v) is 7.64. The number of hydroxylamine groups is 1. The van der Waals surface area contributed by atoms with Crippen molar-refractivity contribution in [1.82, 2.24) is 10.8 Å². The highest BCUT2D eigenvalue weighted by Gasteiger charge is 2.19. The molecule has 6 heteroatoms. The van der Waals surface area contributed by atoms with Gasteiger partial charge in [-0.3, -0.25) is 9.63 Å². The quantitative estimate of drug-likeness (QED) is 0.607. The van der Waals surface area contributed by atoms with Crippen LogP contribution in [-0.2, 0) is 35.5 Å². The molecular formula is C23H29ClN2O3. The molecule has 0 saturated carbocycles. The van der Waals surface area contributed by atoms with E-state index in [0.717, 1.165) is 42.0 Å². The van der Waals surface area contributed by atoms with E-state index in [9.17, 15) is 4.79 Å². The van der Waals surface area contributed by atoms with Gasteiger partial charge < -0.3 is 10.1 Å². The van der Waals surface area contributed by atoms with Crippen LogP contribution in [0.1, 0.15) is 42.5 Å². The molecule has 1 aliphatic rings. The Labute approximate surface area is 177 Å². The molecule has 0 heterocycles. The molecule has 5 nitrogen and oxygen atoms in total. The maximum atomic E-state index is 11.7. The van der Waals surface area contributed by atoms with Crippen LogP contribution in [-0.4, -0.2) is 25.1 Å². The summed E-state index contributed by atoms with van der Waals surface area (Å²) in [6.07, 6.45) is 3.79. The minimum atomic E-state index is -0.146. The summed E-state index contributed by atoms with van der Waals surface area (Å²) >= 11 is 6.36. The number of carbonyl (C=O) groups excluding carboxylic acids is 1. The van der Waals surface area contributed by atoms with Crippen molar-refractivity contribution in [3.8, 4) is 5.75 Å². The Hall–Kier alpha value is -2.08. The number of rotatable bonds is 9. The van der Waals surface area contributed by atoms with Gasteiger partial charge in [0.15, 0.2) is 0 Å². The number of nitrogens with one attached hydrogen (secondary N) is 2. The SMILES string of the molecule is CCONC(=O)CNC1CCc2cc(OCc3c(Cl)cccc3CC)ccc2C1. The van der Waals surface area contributed by atoms with E-state index in [1.165, 1.54) is 16.7 Å². The van der Waals surface area contributed by atoms with Crippen molar-refractivity contribution in [3.05, 3.63) is 63.7 Å². The number of carbonyl (C=O) groups is 1. The summed E-state index contributed by atoms with van der Waals surface area (Å²) < 4.78 is 6.06. The number of halogens is 1. The third-order valence-electron chi connectivity index (χ3n) is 5.27. The lowest BCUT2D eigenvalue weighted by Crippen LogP contribution is -2.41. The minimum Gasteiger partial charge on any atom is -0.489 e. The number of ether oxygens (including phenoxy) is 1. The van der Waals surface area contributed by atoms with Gasteiger partial charge in [-0.15, -0.1) is 0 Å². The summed E-state index contributed by atoms with van der Waals surface area (Å²) in [5.74, 6) is 0.723. The van der Waals surface area contributed by atoms with Crippen LogP contribution in [0.4, 0.5) is 0 Å². The molecular weight excluding hydrogens is 388 g/mol. The largest absolute Gasteiger partial charge is 0.489 e. The predicted molar refractivity (Wildman–Crippen MR) is 115 cm³/mol. The molecule has 29 heavy (non-hydrogen) atoms. The molecule has 0 radical (unpaired) electrons. The van der Waals surface area contributed by atoms with Crippen LogP contribution in [0.15, 0.2) is 36.4 Å². The second kappa shape index (κ2) is 10.6. The molecule has 0 aromatic heterocycles. The number of amides is 1. The van der Waals surface area contributed by atoms with Gasteiger partial charge in [-0.05, 0) is 67.5 Å². The first-order valence-electron chi connectivity index (χ1n) is 10.3. The molecule has 2 N–H and O–H groups in total. The molecule has 2 aromatic carbocycles. The number of benzene rings is 2. The predicted octanol–water partition coefficient (Wildman–Crippen LogP) is 4.00. The summed E-state index contributed by atoms with van der Waals surface area (Å²) in [5, 5.41) is 4.07. The Morgan fingerprint density at radius 3 is 2.86 bits per heavy atom. The minimum absolute atomic E-state index is 0.146. The van der Waals surface area contributed by atoms with Gasteiger partial charge in [-0.25, -0.2) is 5.48 Å². The third kappa shape index (κ3) is 5.95. The third-order valence-corrected chi connectivity index (χ3v) is 5.62. The first-order valence-corrected chi connectivity index (χ1v) is 10.6. The summed E-state index contributed by atoms with van der Waals surface area (Å²) in [6.45, 7) is 5.16. The van der Waals surface area contributed by atoms with Crippen molar-refractivity contribution in [3.63, 3.8) is 0 Å². The number of hydrogen-bond donors (Lipinski definition) is 2. The highest BCUT2D eigenvalue weighted by Crippen LogP contribution is 2.27. The molecule has 0 aliphatic heterocycles. The second-order valence-electron chi connectivity index (χ2n) is 7.23. The van der Waals surface area contributed by atoms with E-state index >= 15 is 0 Å². The van der Waals surface area contributed by atoms with Crippen LogP contribution in [0.5, 0.6) is 5.75 Å². The zero-order valence-corrected chi connectivity index (χ0v) is 17.8. The molecule has 3 rings (SSSR count). The van der Waals surface area contributed by atoms with Crippen molar-refractivity contribution in [1.29, 1.82) is 0 Å². The summed E-state index contributed by atoms with van der Waals surface area (Å²) in [5.41, 5.74) is 7.31. The fourth-order valence-electron chi connectivity index (χ4n) is 3.67. The lowest BCUT2D eigenvalue weighted by Gasteiger charge is -2.26. The van der Waals surface area contributed by atoms with Gasteiger partial charge in [-0.2, -0.15) is 0 Å². The van der Waals surface area contributed by atoms with Gasteiger partial charge in [-0.1, -0.05) is 36.7 Å². The summed E-state index contributed by atoms with van der Waals surface area (Å²) in [7, 11) is 0. The normalized spacial score (nSPS) is 15.6. The van der Waals surface area contributed by atoms with E-state index in [1.807, 2.05) is 25.1 Å². The maximum Gasteiger partial charge on any atom is 0.257 e. The van der Waals surface area contributed by atoms with Crippen molar-refractivity contribution in [2.75, 3.05) is 13.2 Å². The van der Waals surface area contributed by atoms with Gasteiger partial charge >= 0.3 is 0 Å². The zero-order chi connectivity index (χ0) is 20.6. The lowest BCUT2D eigenvalue weighted by atomic mass is 9.88. The smallest absolute Gasteiger partial charge is 0.257 e. The maximum absolute atomic E-state index is 11.7. The monoisotopic (exact) mass is 416 g/mol. The average molecular weight is 417 g/mol. The fourth-order valence-corrected chi connectivity index (χ4v) is 3.92. The molecule has 1 atom stereocenters. The van der Waals surface area contributed by atoms with E-state index in [4.69, 9.17) is 21.2 Å². The number of fused-ring (bicyclic) bond motifs is 1. The molecule has 1 amide bonds. The van der Waals surface area contributed by atoms with Crippen molar-refractivity contribution >= 4 is 17.5 Å². The van der Waals surface area contributed by atoms with E-state index in [0.29, 0.717) is 13.2 Å². The van der Waals surface area contributed by atoms with E-state index in [-0.39, 0.29) is 18.5 Å². The topological polar surface area (TPSA) is 59.6 Å². The Bertz CT molecular complexity index is 841. The Balaban J connectivity index is 1.56. The fraction of sp³-hybridized carbons (Fsp3) is 0.435. The van der Waals surface area contributed by atoms with Crippen molar-refractivity contribution in [2.45, 2.75) is 52.2 Å². The standard InChI is InChI=1S/C23H29ClN2O3/c1-3-16-6-5-7-22(24)21(16)15-28-20-11-9-17-12-19(10-8-18(17)13-20)25-14-23(27)26-29-4-2/h5-7,9,11,13,19,25H,3-4,8,10,12,14-15H2,1-2H3,(H,26,27). The highest BCUT2D eigenvalue weighted by atomic mass is 35.5. The Morgan fingerprint density at radius 2 is 2.07 bits per heavy atom. The van der Waals surface area contributed by atoms with Crippen LogP contribution in [0.2, 0.25) is 5.02 Å². The summed E-state index contributed by atoms with van der Waals surface area (Å²) in [4.78, 5) is 16.6. The molecule has 156 valence electrons. The Kier molecular flexibility index (Phi) is 7.92. The van der Waals surface area contributed by atoms with Crippen LogP contribution >= 0.6 is 11.6 Å². The molecule has 0 fully saturated rings. The van der Waals surface area contributed by atoms with Crippen LogP contribution in [0.25, 0.3) is 0 Å². The average Bonchev–Trinajstić information content (AvgIpc) is 2.75. The molecule has 1 unspecified atom stereocenters. The number of aryl methyl sites for hydroxylation is 2. The molecule has 0 bridgehead atoms. The Morgan fingerprint density at radius 1 is 1.21 bits per heavy atom. The first kappa shape index (κ1) is 21.6. The van der Waals surface area contributed by atoms with Crippen LogP contribution in [0, 0.1) is 0 Å². The zero-order valence-electron chi connectivity index (χ0n) is 17.1. The van der Waals surface area contributed by atoms with Crippen LogP contribution in [0.3, 0.4) is 0 Å². The van der Waals surface area contributed by atoms with E-state index in [2.05, 4.69) is 35.9 Å². The highest BCUT2D eigenvalue weighted by molar-refractivity contribution is 6.31. The van der Waals surface area contributed by atoms with Gasteiger partial charge in [0.25, 0.3) is 5.91 Å². The number of hydrogen-bond acceptors (Lipinski definition) is 4. The molecule has 2 aromatic rings. The first-order chi connectivity index (χ1) is 14.1. The summed E-state index contributed by atoms with van der Waals surface area (Å²) in [6, 6.07) is 12.6. The van der Waals surface area contributed by atoms with Gasteiger partial charge in [0, 0.05) is 16.6 Å². The van der Waals surface area contributed by atoms with Gasteiger partial charge in [0.2, 0.25) is 0 Å². The molecule has 0 spiro atoms. The molecule has 1 aliphatic carbocycles. The van der Waals surface area contributed by atoms with Crippen LogP contribution < -0.4 is 15.5 Å². The van der Waals surface area contributed by atoms with Crippen molar-refractivity contribution in [2.24, 2.45) is 0 Å². The van der Waals surface area contributed by atoms with Gasteiger partial charge in [0.1, 0.15) is 12.4 Å². The molecule has 0 saturated heterocycles. The van der Waals surface area contributed by atoms with E-state index < -0.39 is 0 Å². The van der Waals surface area contributed by atoms with Crippen molar-refractivity contribution < 1.29 is 14.4 Å². The lowest BCUT2D eigenvalue weighted by molar-refractivity contribution is -0.132.